The molecular formula is C12H14INO3. The number of carbonyl (C=O) groups is 2. The van der Waals surface area contributed by atoms with Gasteiger partial charge in [0.1, 0.15) is 6.04 Å². The lowest BCUT2D eigenvalue weighted by atomic mass is 10.1. The molecule has 1 rings (SSSR count). The molecule has 17 heavy (non-hydrogen) atoms. The second-order valence-electron chi connectivity index (χ2n) is 3.62. The van der Waals surface area contributed by atoms with E-state index in [-0.39, 0.29) is 12.3 Å². The molecule has 0 saturated carbocycles. The minimum atomic E-state index is -0.615. The number of benzene rings is 1. The van der Waals surface area contributed by atoms with Crippen molar-refractivity contribution in [3.63, 3.8) is 0 Å². The Morgan fingerprint density at radius 2 is 2.18 bits per heavy atom. The number of hydrogen-bond donors (Lipinski definition) is 1. The largest absolute Gasteiger partial charge is 0.467 e. The highest BCUT2D eigenvalue weighted by Gasteiger charge is 2.15. The van der Waals surface area contributed by atoms with E-state index in [2.05, 4.69) is 32.6 Å². The second-order valence-corrected chi connectivity index (χ2v) is 4.86. The van der Waals surface area contributed by atoms with Gasteiger partial charge in [0, 0.05) is 3.57 Å². The maximum Gasteiger partial charge on any atom is 0.328 e. The molecule has 5 heteroatoms. The summed E-state index contributed by atoms with van der Waals surface area (Å²) in [5, 5.41) is 2.58. The first kappa shape index (κ1) is 14.0. The molecule has 1 amide bonds. The predicted octanol–water partition coefficient (Wildman–Crippen LogP) is 1.51. The van der Waals surface area contributed by atoms with E-state index in [4.69, 9.17) is 0 Å². The van der Waals surface area contributed by atoms with Crippen LogP contribution in [0.15, 0.2) is 24.3 Å². The van der Waals surface area contributed by atoms with Gasteiger partial charge in [0.15, 0.2) is 0 Å². The Hall–Kier alpha value is -1.11. The smallest absolute Gasteiger partial charge is 0.328 e. The van der Waals surface area contributed by atoms with E-state index in [0.717, 1.165) is 9.13 Å². The Balaban J connectivity index is 2.53. The van der Waals surface area contributed by atoms with Crippen molar-refractivity contribution in [1.82, 2.24) is 5.32 Å². The van der Waals surface area contributed by atoms with Crippen molar-refractivity contribution in [3.8, 4) is 0 Å². The molecule has 0 radical (unpaired) electrons. The van der Waals surface area contributed by atoms with E-state index in [1.807, 2.05) is 24.3 Å². The Labute approximate surface area is 114 Å². The predicted molar refractivity (Wildman–Crippen MR) is 72.5 cm³/mol. The van der Waals surface area contributed by atoms with E-state index in [9.17, 15) is 9.59 Å². The Morgan fingerprint density at radius 1 is 1.47 bits per heavy atom. The van der Waals surface area contributed by atoms with Crippen LogP contribution in [0.2, 0.25) is 0 Å². The van der Waals surface area contributed by atoms with Crippen LogP contribution in [0.1, 0.15) is 12.5 Å². The number of nitrogens with one attached hydrogen (secondary N) is 1. The number of hydrogen-bond acceptors (Lipinski definition) is 3. The maximum absolute atomic E-state index is 11.6. The number of halogens is 1. The first-order valence-electron chi connectivity index (χ1n) is 5.14. The zero-order chi connectivity index (χ0) is 12.8. The lowest BCUT2D eigenvalue weighted by molar-refractivity contribution is -0.144. The number of esters is 1. The van der Waals surface area contributed by atoms with Crippen molar-refractivity contribution in [2.45, 2.75) is 19.4 Å². The third kappa shape index (κ3) is 4.72. The highest BCUT2D eigenvalue weighted by Crippen LogP contribution is 2.08. The van der Waals surface area contributed by atoms with Gasteiger partial charge in [0.25, 0.3) is 0 Å². The average molecular weight is 347 g/mol. The summed E-state index contributed by atoms with van der Waals surface area (Å²) in [6.07, 6.45) is 0.262. The van der Waals surface area contributed by atoms with Gasteiger partial charge >= 0.3 is 5.97 Å². The quantitative estimate of drug-likeness (QED) is 0.664. The van der Waals surface area contributed by atoms with Crippen LogP contribution in [0.5, 0.6) is 0 Å². The lowest BCUT2D eigenvalue weighted by Crippen LogP contribution is -2.39. The molecule has 0 aliphatic heterocycles. The second kappa shape index (κ2) is 6.58. The molecule has 0 aliphatic carbocycles. The van der Waals surface area contributed by atoms with Crippen molar-refractivity contribution >= 4 is 34.5 Å². The zero-order valence-electron chi connectivity index (χ0n) is 9.70. The van der Waals surface area contributed by atoms with Gasteiger partial charge in [-0.1, -0.05) is 12.1 Å². The SMILES string of the molecule is COC(=O)[C@@H](C)NC(=O)Cc1cccc(I)c1. The van der Waals surface area contributed by atoms with Crippen LogP contribution in [-0.4, -0.2) is 25.0 Å². The average Bonchev–Trinajstić information content (AvgIpc) is 2.27. The monoisotopic (exact) mass is 347 g/mol. The first-order valence-corrected chi connectivity index (χ1v) is 6.22. The van der Waals surface area contributed by atoms with Crippen LogP contribution in [0.25, 0.3) is 0 Å². The minimum Gasteiger partial charge on any atom is -0.467 e. The van der Waals surface area contributed by atoms with Crippen molar-refractivity contribution in [1.29, 1.82) is 0 Å². The molecule has 1 aromatic carbocycles. The molecule has 0 saturated heterocycles. The molecule has 4 nitrogen and oxygen atoms in total. The third-order valence-electron chi connectivity index (χ3n) is 2.19. The molecule has 0 unspecified atom stereocenters. The van der Waals surface area contributed by atoms with Crippen molar-refractivity contribution in [3.05, 3.63) is 33.4 Å². The van der Waals surface area contributed by atoms with E-state index >= 15 is 0 Å². The molecule has 1 aromatic rings. The van der Waals surface area contributed by atoms with Crippen molar-refractivity contribution in [2.24, 2.45) is 0 Å². The third-order valence-corrected chi connectivity index (χ3v) is 2.86. The molecular weight excluding hydrogens is 333 g/mol. The molecule has 92 valence electrons. The van der Waals surface area contributed by atoms with Gasteiger partial charge in [-0.3, -0.25) is 4.79 Å². The topological polar surface area (TPSA) is 55.4 Å². The summed E-state index contributed by atoms with van der Waals surface area (Å²) in [7, 11) is 1.30. The summed E-state index contributed by atoms with van der Waals surface area (Å²) in [6, 6.07) is 7.05. The van der Waals surface area contributed by atoms with Gasteiger partial charge in [-0.25, -0.2) is 4.79 Å². The summed E-state index contributed by atoms with van der Waals surface area (Å²) in [6.45, 7) is 1.60. The summed E-state index contributed by atoms with van der Waals surface area (Å²) in [4.78, 5) is 22.7. The summed E-state index contributed by atoms with van der Waals surface area (Å²) in [5.74, 6) is -0.633. The van der Waals surface area contributed by atoms with Crippen LogP contribution in [0.3, 0.4) is 0 Å². The van der Waals surface area contributed by atoms with E-state index < -0.39 is 12.0 Å². The standard InChI is InChI=1S/C12H14INO3/c1-8(12(16)17-2)14-11(15)7-9-4-3-5-10(13)6-9/h3-6,8H,7H2,1-2H3,(H,14,15)/t8-/m1/s1. The number of amides is 1. The molecule has 0 spiro atoms. The van der Waals surface area contributed by atoms with Crippen LogP contribution in [0.4, 0.5) is 0 Å². The van der Waals surface area contributed by atoms with Gasteiger partial charge in [-0.05, 0) is 47.2 Å². The highest BCUT2D eigenvalue weighted by atomic mass is 127. The maximum atomic E-state index is 11.6. The minimum absolute atomic E-state index is 0.190. The Kier molecular flexibility index (Phi) is 5.40. The first-order chi connectivity index (χ1) is 8.02. The molecule has 1 N–H and O–H groups in total. The molecule has 0 bridgehead atoms. The summed E-state index contributed by atoms with van der Waals surface area (Å²) in [5.41, 5.74) is 0.923. The Bertz CT molecular complexity index is 420. The molecule has 1 atom stereocenters. The highest BCUT2D eigenvalue weighted by molar-refractivity contribution is 14.1. The number of ether oxygens (including phenoxy) is 1. The zero-order valence-corrected chi connectivity index (χ0v) is 11.9. The van der Waals surface area contributed by atoms with Gasteiger partial charge in [0.2, 0.25) is 5.91 Å². The van der Waals surface area contributed by atoms with Crippen molar-refractivity contribution in [2.75, 3.05) is 7.11 Å². The van der Waals surface area contributed by atoms with Crippen LogP contribution in [-0.2, 0) is 20.7 Å². The molecule has 0 aliphatic rings. The molecule has 0 fully saturated rings. The summed E-state index contributed by atoms with van der Waals surface area (Å²) >= 11 is 2.19. The lowest BCUT2D eigenvalue weighted by Gasteiger charge is -2.11. The van der Waals surface area contributed by atoms with E-state index in [1.165, 1.54) is 7.11 Å². The number of rotatable bonds is 4. The van der Waals surface area contributed by atoms with Crippen molar-refractivity contribution < 1.29 is 14.3 Å². The van der Waals surface area contributed by atoms with Gasteiger partial charge in [0.05, 0.1) is 13.5 Å². The van der Waals surface area contributed by atoms with E-state index in [0.29, 0.717) is 0 Å². The van der Waals surface area contributed by atoms with Gasteiger partial charge < -0.3 is 10.1 Å². The fraction of sp³-hybridized carbons (Fsp3) is 0.333. The van der Waals surface area contributed by atoms with E-state index in [1.54, 1.807) is 6.92 Å². The molecule has 0 aromatic heterocycles. The van der Waals surface area contributed by atoms with Crippen LogP contribution >= 0.6 is 22.6 Å². The van der Waals surface area contributed by atoms with Crippen LogP contribution < -0.4 is 5.32 Å². The normalized spacial score (nSPS) is 11.7. The summed E-state index contributed by atoms with van der Waals surface area (Å²) < 4.78 is 5.61. The van der Waals surface area contributed by atoms with Gasteiger partial charge in [-0.15, -0.1) is 0 Å². The fourth-order valence-corrected chi connectivity index (χ4v) is 1.97. The van der Waals surface area contributed by atoms with Gasteiger partial charge in [-0.2, -0.15) is 0 Å². The Morgan fingerprint density at radius 3 is 2.76 bits per heavy atom. The fourth-order valence-electron chi connectivity index (χ4n) is 1.36. The number of methoxy groups -OCH3 is 1. The number of carbonyl (C=O) groups excluding carboxylic acids is 2. The molecule has 0 heterocycles. The van der Waals surface area contributed by atoms with Crippen LogP contribution in [0, 0.1) is 3.57 Å².